The zero-order valence-corrected chi connectivity index (χ0v) is 13.1. The lowest BCUT2D eigenvalue weighted by Gasteiger charge is -2.21. The van der Waals surface area contributed by atoms with Crippen LogP contribution in [0.2, 0.25) is 0 Å². The molecule has 0 spiro atoms. The minimum absolute atomic E-state index is 0.148. The number of carbonyl (C=O) groups is 2. The number of rotatable bonds is 5. The Morgan fingerprint density at radius 2 is 1.95 bits per heavy atom. The van der Waals surface area contributed by atoms with E-state index in [0.717, 1.165) is 16.9 Å². The minimum Gasteiger partial charge on any atom is -0.496 e. The lowest BCUT2D eigenvalue weighted by Crippen LogP contribution is -2.36. The van der Waals surface area contributed by atoms with E-state index in [-0.39, 0.29) is 12.6 Å². The van der Waals surface area contributed by atoms with E-state index < -0.39 is 11.9 Å². The number of anilines is 1. The third-order valence-corrected chi connectivity index (χ3v) is 3.30. The summed E-state index contributed by atoms with van der Waals surface area (Å²) < 4.78 is 5.22. The van der Waals surface area contributed by atoms with E-state index >= 15 is 0 Å². The molecule has 116 valence electrons. The molecule has 6 heteroatoms. The molecule has 0 fully saturated rings. The van der Waals surface area contributed by atoms with Crippen LogP contribution < -0.4 is 10.1 Å². The fourth-order valence-corrected chi connectivity index (χ4v) is 1.93. The Hall–Kier alpha value is -2.24. The molecule has 6 nitrogen and oxygen atoms in total. The molecular formula is C15H22N2O4. The van der Waals surface area contributed by atoms with Crippen molar-refractivity contribution in [2.75, 3.05) is 26.0 Å². The first-order valence-electron chi connectivity index (χ1n) is 6.66. The predicted octanol–water partition coefficient (Wildman–Crippen LogP) is 2.50. The number of aliphatic carboxylic acids is 1. The van der Waals surface area contributed by atoms with Gasteiger partial charge < -0.3 is 20.1 Å². The van der Waals surface area contributed by atoms with Crippen molar-refractivity contribution >= 4 is 17.7 Å². The molecule has 1 aromatic carbocycles. The van der Waals surface area contributed by atoms with Gasteiger partial charge in [-0.05, 0) is 37.1 Å². The first-order valence-corrected chi connectivity index (χ1v) is 6.66. The van der Waals surface area contributed by atoms with Crippen molar-refractivity contribution in [3.05, 3.63) is 23.3 Å². The second-order valence-electron chi connectivity index (χ2n) is 5.19. The van der Waals surface area contributed by atoms with Gasteiger partial charge in [0.15, 0.2) is 0 Å². The van der Waals surface area contributed by atoms with Crippen molar-refractivity contribution in [1.82, 2.24) is 4.90 Å². The van der Waals surface area contributed by atoms with Gasteiger partial charge in [-0.2, -0.15) is 0 Å². The summed E-state index contributed by atoms with van der Waals surface area (Å²) in [7, 11) is 3.17. The molecule has 0 aliphatic rings. The van der Waals surface area contributed by atoms with E-state index in [1.165, 1.54) is 4.90 Å². The molecule has 1 rings (SSSR count). The van der Waals surface area contributed by atoms with E-state index in [1.54, 1.807) is 21.1 Å². The van der Waals surface area contributed by atoms with Gasteiger partial charge in [-0.1, -0.05) is 6.92 Å². The van der Waals surface area contributed by atoms with Gasteiger partial charge in [0.05, 0.1) is 13.0 Å². The Balaban J connectivity index is 2.79. The van der Waals surface area contributed by atoms with Crippen LogP contribution in [0.4, 0.5) is 10.5 Å². The van der Waals surface area contributed by atoms with E-state index in [1.807, 2.05) is 26.0 Å². The molecule has 0 bridgehead atoms. The highest BCUT2D eigenvalue weighted by molar-refractivity contribution is 5.90. The zero-order valence-electron chi connectivity index (χ0n) is 13.1. The molecule has 0 aromatic heterocycles. The number of aryl methyl sites for hydroxylation is 2. The molecule has 0 radical (unpaired) electrons. The van der Waals surface area contributed by atoms with Gasteiger partial charge in [-0.25, -0.2) is 4.79 Å². The van der Waals surface area contributed by atoms with Gasteiger partial charge in [-0.3, -0.25) is 4.79 Å². The van der Waals surface area contributed by atoms with Gasteiger partial charge >= 0.3 is 12.0 Å². The SMILES string of the molecule is COc1cc(C)c(NC(=O)N(C)CC(C)C(=O)O)cc1C. The van der Waals surface area contributed by atoms with E-state index in [9.17, 15) is 9.59 Å². The number of hydrogen-bond acceptors (Lipinski definition) is 3. The fraction of sp³-hybridized carbons (Fsp3) is 0.467. The van der Waals surface area contributed by atoms with Crippen molar-refractivity contribution in [2.45, 2.75) is 20.8 Å². The second kappa shape index (κ2) is 6.97. The fourth-order valence-electron chi connectivity index (χ4n) is 1.93. The number of carboxylic acids is 1. The molecule has 1 unspecified atom stereocenters. The highest BCUT2D eigenvalue weighted by Gasteiger charge is 2.18. The molecule has 0 heterocycles. The topological polar surface area (TPSA) is 78.9 Å². The molecule has 0 saturated heterocycles. The van der Waals surface area contributed by atoms with Crippen LogP contribution in [0.3, 0.4) is 0 Å². The van der Waals surface area contributed by atoms with Crippen LogP contribution in [0.5, 0.6) is 5.75 Å². The predicted molar refractivity (Wildman–Crippen MR) is 80.9 cm³/mol. The number of carboxylic acid groups (broad SMARTS) is 1. The zero-order chi connectivity index (χ0) is 16.2. The lowest BCUT2D eigenvalue weighted by molar-refractivity contribution is -0.141. The molecular weight excluding hydrogens is 272 g/mol. The maximum Gasteiger partial charge on any atom is 0.321 e. The number of benzene rings is 1. The third-order valence-electron chi connectivity index (χ3n) is 3.30. The summed E-state index contributed by atoms with van der Waals surface area (Å²) in [5.41, 5.74) is 2.48. The van der Waals surface area contributed by atoms with Crippen LogP contribution in [-0.2, 0) is 4.79 Å². The van der Waals surface area contributed by atoms with Crippen molar-refractivity contribution < 1.29 is 19.4 Å². The molecule has 0 saturated carbocycles. The number of hydrogen-bond donors (Lipinski definition) is 2. The summed E-state index contributed by atoms with van der Waals surface area (Å²) in [6.45, 7) is 5.48. The van der Waals surface area contributed by atoms with Crippen molar-refractivity contribution in [3.63, 3.8) is 0 Å². The highest BCUT2D eigenvalue weighted by Crippen LogP contribution is 2.26. The summed E-state index contributed by atoms with van der Waals surface area (Å²) in [5, 5.41) is 11.7. The standard InChI is InChI=1S/C15H22N2O4/c1-9-7-13(21-5)10(2)6-12(9)16-15(20)17(4)8-11(3)14(18)19/h6-7,11H,8H2,1-5H3,(H,16,20)(H,18,19). The summed E-state index contributed by atoms with van der Waals surface area (Å²) in [5.74, 6) is -0.774. The number of amides is 2. The van der Waals surface area contributed by atoms with Crippen LogP contribution in [0.1, 0.15) is 18.1 Å². The molecule has 1 aromatic rings. The summed E-state index contributed by atoms with van der Waals surface area (Å²) >= 11 is 0. The number of nitrogens with one attached hydrogen (secondary N) is 1. The third kappa shape index (κ3) is 4.37. The van der Waals surface area contributed by atoms with Crippen molar-refractivity contribution in [1.29, 1.82) is 0 Å². The Kier molecular flexibility index (Phi) is 5.58. The lowest BCUT2D eigenvalue weighted by atomic mass is 10.1. The maximum absolute atomic E-state index is 12.1. The monoisotopic (exact) mass is 294 g/mol. The first kappa shape index (κ1) is 16.8. The number of carbonyl (C=O) groups excluding carboxylic acids is 1. The van der Waals surface area contributed by atoms with E-state index in [2.05, 4.69) is 5.32 Å². The van der Waals surface area contributed by atoms with Crippen molar-refractivity contribution in [2.24, 2.45) is 5.92 Å². The highest BCUT2D eigenvalue weighted by atomic mass is 16.5. The Labute approximate surface area is 124 Å². The average molecular weight is 294 g/mol. The number of urea groups is 1. The smallest absolute Gasteiger partial charge is 0.321 e. The Morgan fingerprint density at radius 1 is 1.33 bits per heavy atom. The summed E-state index contributed by atoms with van der Waals surface area (Å²) in [6, 6.07) is 3.35. The quantitative estimate of drug-likeness (QED) is 0.874. The van der Waals surface area contributed by atoms with Crippen LogP contribution in [0.15, 0.2) is 12.1 Å². The normalized spacial score (nSPS) is 11.7. The van der Waals surface area contributed by atoms with Gasteiger partial charge in [0, 0.05) is 19.3 Å². The maximum atomic E-state index is 12.1. The largest absolute Gasteiger partial charge is 0.496 e. The first-order chi connectivity index (χ1) is 9.76. The number of methoxy groups -OCH3 is 1. The summed E-state index contributed by atoms with van der Waals surface area (Å²) in [6.07, 6.45) is 0. The molecule has 2 N–H and O–H groups in total. The second-order valence-corrected chi connectivity index (χ2v) is 5.19. The minimum atomic E-state index is -0.925. The summed E-state index contributed by atoms with van der Waals surface area (Å²) in [4.78, 5) is 24.3. The Morgan fingerprint density at radius 3 is 2.48 bits per heavy atom. The van der Waals surface area contributed by atoms with E-state index in [4.69, 9.17) is 9.84 Å². The van der Waals surface area contributed by atoms with Gasteiger partial charge in [0.25, 0.3) is 0 Å². The molecule has 2 amide bonds. The van der Waals surface area contributed by atoms with Gasteiger partial charge in [0.1, 0.15) is 5.75 Å². The molecule has 0 aliphatic heterocycles. The van der Waals surface area contributed by atoms with Gasteiger partial charge in [-0.15, -0.1) is 0 Å². The van der Waals surface area contributed by atoms with E-state index in [0.29, 0.717) is 5.69 Å². The van der Waals surface area contributed by atoms with Crippen molar-refractivity contribution in [3.8, 4) is 5.75 Å². The molecule has 21 heavy (non-hydrogen) atoms. The molecule has 1 atom stereocenters. The van der Waals surface area contributed by atoms with Crippen LogP contribution in [0.25, 0.3) is 0 Å². The van der Waals surface area contributed by atoms with Crippen LogP contribution >= 0.6 is 0 Å². The number of nitrogens with zero attached hydrogens (tertiary/aromatic N) is 1. The van der Waals surface area contributed by atoms with Crippen LogP contribution in [0, 0.1) is 19.8 Å². The van der Waals surface area contributed by atoms with Crippen LogP contribution in [-0.4, -0.2) is 42.7 Å². The average Bonchev–Trinajstić information content (AvgIpc) is 2.41. The number of ether oxygens (including phenoxy) is 1. The van der Waals surface area contributed by atoms with Gasteiger partial charge in [0.2, 0.25) is 0 Å². The molecule has 0 aliphatic carbocycles. The Bertz CT molecular complexity index is 543.